The summed E-state index contributed by atoms with van der Waals surface area (Å²) in [5.41, 5.74) is 2.57. The molecule has 0 aliphatic rings. The molecule has 1 aromatic rings. The number of halogens is 1. The predicted octanol–water partition coefficient (Wildman–Crippen LogP) is 2.18. The summed E-state index contributed by atoms with van der Waals surface area (Å²) in [6, 6.07) is 8.46. The van der Waals surface area contributed by atoms with E-state index in [1.54, 1.807) is 0 Å². The summed E-state index contributed by atoms with van der Waals surface area (Å²) in [6.07, 6.45) is -0.292. The normalized spacial score (nSPS) is 13.1. The van der Waals surface area contributed by atoms with E-state index in [9.17, 15) is 5.11 Å². The predicted molar refractivity (Wildman–Crippen MR) is 67.3 cm³/mol. The highest BCUT2D eigenvalue weighted by Gasteiger charge is 2.06. The van der Waals surface area contributed by atoms with Gasteiger partial charge in [-0.25, -0.2) is 0 Å². The summed E-state index contributed by atoms with van der Waals surface area (Å²) in [4.78, 5) is 2.13. The first-order valence-electron chi connectivity index (χ1n) is 5.10. The standard InChI is InChI=1S/C12H18BrNO/c1-10-4-3-5-11(6-10)8-14(2)9-12(15)7-13/h3-6,12,15H,7-9H2,1-2H3. The monoisotopic (exact) mass is 271 g/mol. The number of likely N-dealkylation sites (N-methyl/N-ethyl adjacent to an activating group) is 1. The van der Waals surface area contributed by atoms with Gasteiger partial charge in [0.2, 0.25) is 0 Å². The number of rotatable bonds is 5. The average molecular weight is 272 g/mol. The first kappa shape index (κ1) is 12.7. The summed E-state index contributed by atoms with van der Waals surface area (Å²) in [5, 5.41) is 10.1. The van der Waals surface area contributed by atoms with Crippen molar-refractivity contribution >= 4 is 15.9 Å². The van der Waals surface area contributed by atoms with Crippen LogP contribution in [0.2, 0.25) is 0 Å². The lowest BCUT2D eigenvalue weighted by Gasteiger charge is -2.19. The van der Waals surface area contributed by atoms with Gasteiger partial charge in [-0.3, -0.25) is 4.90 Å². The molecule has 15 heavy (non-hydrogen) atoms. The molecule has 1 N–H and O–H groups in total. The molecule has 0 amide bonds. The Labute approximate surface area is 100 Å². The van der Waals surface area contributed by atoms with Gasteiger partial charge < -0.3 is 5.11 Å². The molecule has 0 bridgehead atoms. The van der Waals surface area contributed by atoms with Crippen molar-refractivity contribution in [3.63, 3.8) is 0 Å². The second-order valence-electron chi connectivity index (χ2n) is 3.99. The molecule has 0 aromatic heterocycles. The van der Waals surface area contributed by atoms with E-state index in [1.165, 1.54) is 11.1 Å². The maximum absolute atomic E-state index is 9.47. The number of hydrogen-bond acceptors (Lipinski definition) is 2. The Morgan fingerprint density at radius 2 is 2.20 bits per heavy atom. The molecule has 0 aliphatic carbocycles. The van der Waals surface area contributed by atoms with Crippen molar-refractivity contribution in [3.8, 4) is 0 Å². The molecule has 0 saturated heterocycles. The number of hydrogen-bond donors (Lipinski definition) is 1. The van der Waals surface area contributed by atoms with Crippen molar-refractivity contribution in [1.82, 2.24) is 4.90 Å². The molecule has 1 aromatic carbocycles. The lowest BCUT2D eigenvalue weighted by Crippen LogP contribution is -2.29. The van der Waals surface area contributed by atoms with Crippen LogP contribution in [-0.2, 0) is 6.54 Å². The van der Waals surface area contributed by atoms with Gasteiger partial charge in [0.25, 0.3) is 0 Å². The largest absolute Gasteiger partial charge is 0.391 e. The number of aliphatic hydroxyl groups excluding tert-OH is 1. The fourth-order valence-electron chi connectivity index (χ4n) is 1.60. The first-order valence-corrected chi connectivity index (χ1v) is 6.22. The van der Waals surface area contributed by atoms with Gasteiger partial charge in [0.05, 0.1) is 6.10 Å². The summed E-state index contributed by atoms with van der Waals surface area (Å²) >= 11 is 3.26. The third kappa shape index (κ3) is 4.78. The van der Waals surface area contributed by atoms with Crippen LogP contribution in [0.25, 0.3) is 0 Å². The number of nitrogens with zero attached hydrogens (tertiary/aromatic N) is 1. The Hall–Kier alpha value is -0.380. The zero-order chi connectivity index (χ0) is 11.3. The molecule has 0 spiro atoms. The van der Waals surface area contributed by atoms with Crippen molar-refractivity contribution in [2.24, 2.45) is 0 Å². The lowest BCUT2D eigenvalue weighted by molar-refractivity contribution is 0.143. The van der Waals surface area contributed by atoms with Crippen LogP contribution in [0.1, 0.15) is 11.1 Å². The molecular formula is C12H18BrNO. The highest BCUT2D eigenvalue weighted by molar-refractivity contribution is 9.09. The minimum absolute atomic E-state index is 0.292. The van der Waals surface area contributed by atoms with Gasteiger partial charge >= 0.3 is 0 Å². The fraction of sp³-hybridized carbons (Fsp3) is 0.500. The third-order valence-electron chi connectivity index (χ3n) is 2.24. The number of benzene rings is 1. The van der Waals surface area contributed by atoms with E-state index in [2.05, 4.69) is 52.0 Å². The van der Waals surface area contributed by atoms with Gasteiger partial charge in [-0.05, 0) is 19.5 Å². The van der Waals surface area contributed by atoms with E-state index in [0.29, 0.717) is 11.9 Å². The van der Waals surface area contributed by atoms with E-state index in [4.69, 9.17) is 0 Å². The molecule has 84 valence electrons. The Morgan fingerprint density at radius 3 is 2.80 bits per heavy atom. The van der Waals surface area contributed by atoms with Crippen molar-refractivity contribution in [1.29, 1.82) is 0 Å². The Bertz CT molecular complexity index is 303. The van der Waals surface area contributed by atoms with Crippen LogP contribution in [0.5, 0.6) is 0 Å². The lowest BCUT2D eigenvalue weighted by atomic mass is 10.1. The molecule has 1 unspecified atom stereocenters. The zero-order valence-corrected chi connectivity index (χ0v) is 10.9. The maximum atomic E-state index is 9.47. The van der Waals surface area contributed by atoms with E-state index in [0.717, 1.165) is 6.54 Å². The minimum atomic E-state index is -0.292. The number of alkyl halides is 1. The summed E-state index contributed by atoms with van der Waals surface area (Å²) < 4.78 is 0. The van der Waals surface area contributed by atoms with Gasteiger partial charge in [-0.1, -0.05) is 45.8 Å². The van der Waals surface area contributed by atoms with Crippen LogP contribution in [0.4, 0.5) is 0 Å². The van der Waals surface area contributed by atoms with Crippen molar-refractivity contribution in [2.75, 3.05) is 18.9 Å². The molecule has 2 nitrogen and oxygen atoms in total. The minimum Gasteiger partial charge on any atom is -0.391 e. The molecule has 0 radical (unpaired) electrons. The van der Waals surface area contributed by atoms with Gasteiger partial charge in [0, 0.05) is 18.4 Å². The topological polar surface area (TPSA) is 23.5 Å². The van der Waals surface area contributed by atoms with Crippen molar-refractivity contribution in [2.45, 2.75) is 19.6 Å². The van der Waals surface area contributed by atoms with E-state index < -0.39 is 0 Å². The highest BCUT2D eigenvalue weighted by Crippen LogP contribution is 2.07. The van der Waals surface area contributed by atoms with E-state index in [-0.39, 0.29) is 6.10 Å². The molecule has 1 atom stereocenters. The van der Waals surface area contributed by atoms with Gasteiger partial charge in [0.1, 0.15) is 0 Å². The zero-order valence-electron chi connectivity index (χ0n) is 9.28. The second kappa shape index (κ2) is 6.26. The van der Waals surface area contributed by atoms with Crippen LogP contribution in [0.15, 0.2) is 24.3 Å². The molecule has 0 saturated carbocycles. The quantitative estimate of drug-likeness (QED) is 0.830. The summed E-state index contributed by atoms with van der Waals surface area (Å²) in [6.45, 7) is 3.67. The van der Waals surface area contributed by atoms with Crippen molar-refractivity contribution in [3.05, 3.63) is 35.4 Å². The van der Waals surface area contributed by atoms with Gasteiger partial charge in [-0.15, -0.1) is 0 Å². The number of aliphatic hydroxyl groups is 1. The van der Waals surface area contributed by atoms with Crippen LogP contribution in [0, 0.1) is 6.92 Å². The van der Waals surface area contributed by atoms with Crippen molar-refractivity contribution < 1.29 is 5.11 Å². The van der Waals surface area contributed by atoms with E-state index >= 15 is 0 Å². The van der Waals surface area contributed by atoms with Gasteiger partial charge in [0.15, 0.2) is 0 Å². The molecule has 0 heterocycles. The molecule has 0 aliphatic heterocycles. The highest BCUT2D eigenvalue weighted by atomic mass is 79.9. The SMILES string of the molecule is Cc1cccc(CN(C)CC(O)CBr)c1. The second-order valence-corrected chi connectivity index (χ2v) is 4.64. The average Bonchev–Trinajstić information content (AvgIpc) is 2.17. The molecule has 1 rings (SSSR count). The summed E-state index contributed by atoms with van der Waals surface area (Å²) in [5.74, 6) is 0. The molecule has 3 heteroatoms. The van der Waals surface area contributed by atoms with Crippen LogP contribution < -0.4 is 0 Å². The first-order chi connectivity index (χ1) is 7.11. The Kier molecular flexibility index (Phi) is 5.29. The maximum Gasteiger partial charge on any atom is 0.0763 e. The smallest absolute Gasteiger partial charge is 0.0763 e. The fourth-order valence-corrected chi connectivity index (χ4v) is 1.80. The molecular weight excluding hydrogens is 254 g/mol. The van der Waals surface area contributed by atoms with Crippen LogP contribution in [0.3, 0.4) is 0 Å². The van der Waals surface area contributed by atoms with Crippen LogP contribution >= 0.6 is 15.9 Å². The van der Waals surface area contributed by atoms with Gasteiger partial charge in [-0.2, -0.15) is 0 Å². The Balaban J connectivity index is 2.47. The number of aryl methyl sites for hydroxylation is 1. The summed E-state index contributed by atoms with van der Waals surface area (Å²) in [7, 11) is 2.02. The molecule has 0 fully saturated rings. The third-order valence-corrected chi connectivity index (χ3v) is 2.98. The van der Waals surface area contributed by atoms with Crippen LogP contribution in [-0.4, -0.2) is 35.0 Å². The Morgan fingerprint density at radius 1 is 1.47 bits per heavy atom. The van der Waals surface area contributed by atoms with E-state index in [1.807, 2.05) is 7.05 Å².